The molecule has 0 spiro atoms. The van der Waals surface area contributed by atoms with Crippen LogP contribution in [0.2, 0.25) is 0 Å². The van der Waals surface area contributed by atoms with Crippen LogP contribution in [-0.2, 0) is 0 Å². The van der Waals surface area contributed by atoms with E-state index in [1.165, 1.54) is 25.7 Å². The summed E-state index contributed by atoms with van der Waals surface area (Å²) in [4.78, 5) is 0. The van der Waals surface area contributed by atoms with Gasteiger partial charge in [0.1, 0.15) is 0 Å². The van der Waals surface area contributed by atoms with Gasteiger partial charge in [0, 0.05) is 5.38 Å². The largest absolute Gasteiger partial charge is 0.393 e. The maximum atomic E-state index is 9.76. The van der Waals surface area contributed by atoms with Gasteiger partial charge in [-0.15, -0.1) is 11.6 Å². The van der Waals surface area contributed by atoms with Crippen molar-refractivity contribution in [3.8, 4) is 0 Å². The van der Waals surface area contributed by atoms with Crippen molar-refractivity contribution in [3.63, 3.8) is 0 Å². The summed E-state index contributed by atoms with van der Waals surface area (Å²) in [5.74, 6) is 1.14. The van der Waals surface area contributed by atoms with Crippen molar-refractivity contribution in [2.75, 3.05) is 0 Å². The molecule has 2 fully saturated rings. The molecule has 2 aliphatic rings. The van der Waals surface area contributed by atoms with Gasteiger partial charge in [-0.05, 0) is 37.5 Å². The van der Waals surface area contributed by atoms with Gasteiger partial charge in [0.2, 0.25) is 0 Å². The molecule has 0 aromatic carbocycles. The Hall–Kier alpha value is 0.250. The number of hydrogen-bond donors (Lipinski definition) is 1. The van der Waals surface area contributed by atoms with E-state index in [4.69, 9.17) is 11.6 Å². The van der Waals surface area contributed by atoms with Crippen LogP contribution in [0.3, 0.4) is 0 Å². The summed E-state index contributed by atoms with van der Waals surface area (Å²) >= 11 is 6.24. The van der Waals surface area contributed by atoms with Gasteiger partial charge in [-0.25, -0.2) is 0 Å². The highest BCUT2D eigenvalue weighted by Gasteiger charge is 2.38. The first kappa shape index (κ1) is 8.83. The van der Waals surface area contributed by atoms with Crippen molar-refractivity contribution in [1.82, 2.24) is 0 Å². The zero-order valence-electron chi connectivity index (χ0n) is 7.38. The summed E-state index contributed by atoms with van der Waals surface area (Å²) in [7, 11) is 0. The lowest BCUT2D eigenvalue weighted by Gasteiger charge is -2.41. The van der Waals surface area contributed by atoms with Crippen LogP contribution in [0.1, 0.15) is 38.5 Å². The molecular weight excluding hydrogens is 172 g/mol. The highest BCUT2D eigenvalue weighted by molar-refractivity contribution is 6.20. The zero-order chi connectivity index (χ0) is 8.55. The van der Waals surface area contributed by atoms with Crippen molar-refractivity contribution in [2.24, 2.45) is 11.8 Å². The molecule has 0 unspecified atom stereocenters. The molecule has 2 rings (SSSR count). The van der Waals surface area contributed by atoms with Crippen LogP contribution in [-0.4, -0.2) is 16.6 Å². The Morgan fingerprint density at radius 2 is 1.58 bits per heavy atom. The molecule has 1 N–H and O–H groups in total. The first-order valence-electron chi connectivity index (χ1n) is 5.11. The fourth-order valence-electron chi connectivity index (χ4n) is 2.87. The monoisotopic (exact) mass is 188 g/mol. The van der Waals surface area contributed by atoms with E-state index in [0.29, 0.717) is 17.2 Å². The van der Waals surface area contributed by atoms with Gasteiger partial charge in [-0.2, -0.15) is 0 Å². The maximum absolute atomic E-state index is 9.76. The topological polar surface area (TPSA) is 20.2 Å². The second-order valence-corrected chi connectivity index (χ2v) is 4.83. The summed E-state index contributed by atoms with van der Waals surface area (Å²) in [5.41, 5.74) is 0. The lowest BCUT2D eigenvalue weighted by molar-refractivity contribution is 0.0127. The van der Waals surface area contributed by atoms with E-state index < -0.39 is 0 Å². The first-order valence-corrected chi connectivity index (χ1v) is 5.55. The molecular formula is C10H17ClO. The average molecular weight is 189 g/mol. The summed E-state index contributed by atoms with van der Waals surface area (Å²) in [6.07, 6.45) is 6.95. The minimum absolute atomic E-state index is 0.0506. The molecule has 70 valence electrons. The van der Waals surface area contributed by atoms with Gasteiger partial charge in [-0.3, -0.25) is 0 Å². The van der Waals surface area contributed by atoms with Crippen LogP contribution < -0.4 is 0 Å². The van der Waals surface area contributed by atoms with Gasteiger partial charge < -0.3 is 5.11 Å². The second-order valence-electron chi connectivity index (χ2n) is 4.27. The van der Waals surface area contributed by atoms with E-state index in [1.54, 1.807) is 0 Å². The van der Waals surface area contributed by atoms with E-state index in [9.17, 15) is 5.11 Å². The van der Waals surface area contributed by atoms with E-state index >= 15 is 0 Å². The molecule has 0 aromatic rings. The minimum Gasteiger partial charge on any atom is -0.393 e. The quantitative estimate of drug-likeness (QED) is 0.580. The number of halogens is 1. The lowest BCUT2D eigenvalue weighted by Crippen LogP contribution is -2.40. The second kappa shape index (κ2) is 3.55. The van der Waals surface area contributed by atoms with Crippen LogP contribution in [0.5, 0.6) is 0 Å². The molecule has 1 nitrogen and oxygen atoms in total. The number of aliphatic hydroxyl groups excluding tert-OH is 1. The van der Waals surface area contributed by atoms with Crippen molar-refractivity contribution < 1.29 is 5.11 Å². The summed E-state index contributed by atoms with van der Waals surface area (Å²) in [6.45, 7) is 0. The van der Waals surface area contributed by atoms with Crippen LogP contribution in [0.15, 0.2) is 0 Å². The van der Waals surface area contributed by atoms with Crippen molar-refractivity contribution in [2.45, 2.75) is 50.0 Å². The van der Waals surface area contributed by atoms with Crippen LogP contribution in [0.25, 0.3) is 0 Å². The molecule has 2 saturated carbocycles. The Balaban J connectivity index is 2.05. The van der Waals surface area contributed by atoms with Crippen molar-refractivity contribution >= 4 is 11.6 Å². The first-order chi connectivity index (χ1) is 5.79. The standard InChI is InChI=1S/C10H17ClO/c11-9-5-6-10(12)8-4-2-1-3-7(8)9/h7-10,12H,1-6H2/t7-,8-,9-,10+/m0/s1. The molecule has 0 saturated heterocycles. The molecule has 4 atom stereocenters. The summed E-state index contributed by atoms with van der Waals surface area (Å²) in [6, 6.07) is 0. The number of alkyl halides is 1. The number of aliphatic hydroxyl groups is 1. The van der Waals surface area contributed by atoms with Gasteiger partial charge in [-0.1, -0.05) is 12.8 Å². The van der Waals surface area contributed by atoms with E-state index in [1.807, 2.05) is 0 Å². The number of fused-ring (bicyclic) bond motifs is 1. The molecule has 2 aliphatic carbocycles. The van der Waals surface area contributed by atoms with E-state index in [2.05, 4.69) is 0 Å². The van der Waals surface area contributed by atoms with E-state index in [-0.39, 0.29) is 6.10 Å². The average Bonchev–Trinajstić information content (AvgIpc) is 2.12. The zero-order valence-corrected chi connectivity index (χ0v) is 8.13. The number of rotatable bonds is 0. The molecule has 0 aliphatic heterocycles. The highest BCUT2D eigenvalue weighted by atomic mass is 35.5. The Morgan fingerprint density at radius 1 is 0.917 bits per heavy atom. The normalized spacial score (nSPS) is 48.5. The highest BCUT2D eigenvalue weighted by Crippen LogP contribution is 2.42. The summed E-state index contributed by atoms with van der Waals surface area (Å²) in [5, 5.41) is 10.1. The third kappa shape index (κ3) is 1.49. The number of hydrogen-bond acceptors (Lipinski definition) is 1. The Bertz CT molecular complexity index is 142. The third-order valence-corrected chi connectivity index (χ3v) is 4.11. The maximum Gasteiger partial charge on any atom is 0.0572 e. The van der Waals surface area contributed by atoms with E-state index in [0.717, 1.165) is 12.8 Å². The summed E-state index contributed by atoms with van der Waals surface area (Å²) < 4.78 is 0. The SMILES string of the molecule is O[C@@H]1CC[C@H](Cl)[C@H]2CCCC[C@@H]21. The van der Waals surface area contributed by atoms with Crippen LogP contribution in [0.4, 0.5) is 0 Å². The Kier molecular flexibility index (Phi) is 2.61. The fraction of sp³-hybridized carbons (Fsp3) is 1.00. The smallest absolute Gasteiger partial charge is 0.0572 e. The van der Waals surface area contributed by atoms with Crippen LogP contribution in [0, 0.1) is 11.8 Å². The molecule has 0 amide bonds. The minimum atomic E-state index is -0.0506. The molecule has 0 bridgehead atoms. The Morgan fingerprint density at radius 3 is 2.25 bits per heavy atom. The molecule has 0 radical (unpaired) electrons. The third-order valence-electron chi connectivity index (χ3n) is 3.57. The fourth-order valence-corrected chi connectivity index (χ4v) is 3.31. The van der Waals surface area contributed by atoms with Crippen molar-refractivity contribution in [3.05, 3.63) is 0 Å². The van der Waals surface area contributed by atoms with Gasteiger partial charge in [0.15, 0.2) is 0 Å². The predicted molar refractivity (Wildman–Crippen MR) is 50.3 cm³/mol. The van der Waals surface area contributed by atoms with Crippen molar-refractivity contribution in [1.29, 1.82) is 0 Å². The molecule has 0 heterocycles. The lowest BCUT2D eigenvalue weighted by atomic mass is 9.69. The molecule has 2 heteroatoms. The van der Waals surface area contributed by atoms with Gasteiger partial charge >= 0.3 is 0 Å². The van der Waals surface area contributed by atoms with Gasteiger partial charge in [0.25, 0.3) is 0 Å². The van der Waals surface area contributed by atoms with Gasteiger partial charge in [0.05, 0.1) is 6.10 Å². The Labute approximate surface area is 79.1 Å². The van der Waals surface area contributed by atoms with Crippen LogP contribution >= 0.6 is 11.6 Å². The predicted octanol–water partition coefficient (Wildman–Crippen LogP) is 2.55. The molecule has 12 heavy (non-hydrogen) atoms. The molecule has 0 aromatic heterocycles.